The average Bonchev–Trinajstić information content (AvgIpc) is 2.41. The van der Waals surface area contributed by atoms with Crippen molar-refractivity contribution in [2.45, 2.75) is 59.0 Å². The molecule has 100 valence electrons. The summed E-state index contributed by atoms with van der Waals surface area (Å²) < 4.78 is 0. The zero-order valence-electron chi connectivity index (χ0n) is 12.1. The molecule has 1 aliphatic carbocycles. The fourth-order valence-corrected chi connectivity index (χ4v) is 3.01. The highest BCUT2D eigenvalue weighted by Gasteiger charge is 2.26. The van der Waals surface area contributed by atoms with Gasteiger partial charge in [-0.3, -0.25) is 0 Å². The summed E-state index contributed by atoms with van der Waals surface area (Å²) in [5.74, 6) is 1.69. The minimum Gasteiger partial charge on any atom is -0.310 e. The lowest BCUT2D eigenvalue weighted by molar-refractivity contribution is 0.206. The highest BCUT2D eigenvalue weighted by Crippen LogP contribution is 2.29. The largest absolute Gasteiger partial charge is 0.310 e. The molecule has 1 saturated carbocycles. The summed E-state index contributed by atoms with van der Waals surface area (Å²) >= 11 is 0. The van der Waals surface area contributed by atoms with Crippen LogP contribution in [0.5, 0.6) is 0 Å². The van der Waals surface area contributed by atoms with Gasteiger partial charge in [-0.25, -0.2) is 0 Å². The first-order chi connectivity index (χ1) is 8.70. The topological polar surface area (TPSA) is 12.0 Å². The van der Waals surface area contributed by atoms with Crippen molar-refractivity contribution in [1.82, 2.24) is 5.32 Å². The number of hydrogen-bond donors (Lipinski definition) is 1. The standard InChI is InChI=1S/C17H27N/c1-4-15-8-10-16(11-9-15)12-18-17-7-5-6-13(2)14(17)3/h8-11,13-14,17-18H,4-7,12H2,1-3H3. The van der Waals surface area contributed by atoms with Crippen LogP contribution in [0.4, 0.5) is 0 Å². The van der Waals surface area contributed by atoms with Crippen LogP contribution in [0.2, 0.25) is 0 Å². The van der Waals surface area contributed by atoms with Crippen LogP contribution in [0, 0.1) is 11.8 Å². The van der Waals surface area contributed by atoms with Crippen molar-refractivity contribution in [2.75, 3.05) is 0 Å². The Morgan fingerprint density at radius 3 is 2.39 bits per heavy atom. The Morgan fingerprint density at radius 1 is 1.06 bits per heavy atom. The Bertz CT molecular complexity index is 354. The fourth-order valence-electron chi connectivity index (χ4n) is 3.01. The number of rotatable bonds is 4. The smallest absolute Gasteiger partial charge is 0.0208 e. The molecule has 0 heterocycles. The molecule has 0 aliphatic heterocycles. The normalized spacial score (nSPS) is 28.3. The third-order valence-electron chi connectivity index (χ3n) is 4.71. The summed E-state index contributed by atoms with van der Waals surface area (Å²) in [5, 5.41) is 3.76. The predicted molar refractivity (Wildman–Crippen MR) is 78.6 cm³/mol. The van der Waals surface area contributed by atoms with Crippen LogP contribution < -0.4 is 5.32 Å². The molecule has 3 unspecified atom stereocenters. The zero-order chi connectivity index (χ0) is 13.0. The second-order valence-corrected chi connectivity index (χ2v) is 5.92. The van der Waals surface area contributed by atoms with E-state index >= 15 is 0 Å². The molecule has 1 nitrogen and oxygen atoms in total. The second-order valence-electron chi connectivity index (χ2n) is 5.92. The third-order valence-corrected chi connectivity index (χ3v) is 4.71. The van der Waals surface area contributed by atoms with Gasteiger partial charge in [-0.1, -0.05) is 57.9 Å². The van der Waals surface area contributed by atoms with Gasteiger partial charge in [0.25, 0.3) is 0 Å². The van der Waals surface area contributed by atoms with E-state index in [2.05, 4.69) is 50.4 Å². The molecule has 18 heavy (non-hydrogen) atoms. The lowest BCUT2D eigenvalue weighted by Gasteiger charge is -2.34. The van der Waals surface area contributed by atoms with E-state index in [9.17, 15) is 0 Å². The van der Waals surface area contributed by atoms with Gasteiger partial charge in [0.15, 0.2) is 0 Å². The van der Waals surface area contributed by atoms with Crippen LogP contribution in [0.25, 0.3) is 0 Å². The van der Waals surface area contributed by atoms with Gasteiger partial charge in [-0.2, -0.15) is 0 Å². The number of nitrogens with one attached hydrogen (secondary N) is 1. The maximum absolute atomic E-state index is 3.76. The molecular weight excluding hydrogens is 218 g/mol. The van der Waals surface area contributed by atoms with Gasteiger partial charge in [-0.15, -0.1) is 0 Å². The molecule has 3 atom stereocenters. The summed E-state index contributed by atoms with van der Waals surface area (Å²) in [7, 11) is 0. The molecule has 1 N–H and O–H groups in total. The van der Waals surface area contributed by atoms with Crippen molar-refractivity contribution in [3.05, 3.63) is 35.4 Å². The van der Waals surface area contributed by atoms with Crippen LogP contribution in [-0.4, -0.2) is 6.04 Å². The number of aryl methyl sites for hydroxylation is 1. The molecule has 0 aromatic heterocycles. The molecule has 0 radical (unpaired) electrons. The minimum absolute atomic E-state index is 0.708. The summed E-state index contributed by atoms with van der Waals surface area (Å²) in [5.41, 5.74) is 2.84. The maximum atomic E-state index is 3.76. The van der Waals surface area contributed by atoms with Gasteiger partial charge in [0, 0.05) is 12.6 Å². The predicted octanol–water partition coefficient (Wildman–Crippen LogP) is 4.16. The van der Waals surface area contributed by atoms with E-state index < -0.39 is 0 Å². The van der Waals surface area contributed by atoms with E-state index in [1.807, 2.05) is 0 Å². The molecule has 0 saturated heterocycles. The lowest BCUT2D eigenvalue weighted by atomic mass is 9.78. The average molecular weight is 245 g/mol. The van der Waals surface area contributed by atoms with Gasteiger partial charge < -0.3 is 5.32 Å². The summed E-state index contributed by atoms with van der Waals surface area (Å²) in [6, 6.07) is 9.75. The van der Waals surface area contributed by atoms with Gasteiger partial charge in [0.1, 0.15) is 0 Å². The van der Waals surface area contributed by atoms with Crippen LogP contribution in [0.1, 0.15) is 51.2 Å². The molecular formula is C17H27N. The van der Waals surface area contributed by atoms with E-state index in [4.69, 9.17) is 0 Å². The summed E-state index contributed by atoms with van der Waals surface area (Å²) in [4.78, 5) is 0. The Hall–Kier alpha value is -0.820. The number of hydrogen-bond acceptors (Lipinski definition) is 1. The number of benzene rings is 1. The Morgan fingerprint density at radius 2 is 1.72 bits per heavy atom. The fraction of sp³-hybridized carbons (Fsp3) is 0.647. The maximum Gasteiger partial charge on any atom is 0.0208 e. The molecule has 0 bridgehead atoms. The van der Waals surface area contributed by atoms with Crippen LogP contribution in [-0.2, 0) is 13.0 Å². The zero-order valence-corrected chi connectivity index (χ0v) is 12.1. The molecule has 0 amide bonds. The van der Waals surface area contributed by atoms with E-state index in [0.717, 1.165) is 24.8 Å². The van der Waals surface area contributed by atoms with Crippen LogP contribution in [0.15, 0.2) is 24.3 Å². The summed E-state index contributed by atoms with van der Waals surface area (Å²) in [6.07, 6.45) is 5.27. The minimum atomic E-state index is 0.708. The van der Waals surface area contributed by atoms with E-state index in [0.29, 0.717) is 6.04 Å². The van der Waals surface area contributed by atoms with Crippen LogP contribution in [0.3, 0.4) is 0 Å². The SMILES string of the molecule is CCc1ccc(CNC2CCCC(C)C2C)cc1. The van der Waals surface area contributed by atoms with Crippen molar-refractivity contribution in [3.63, 3.8) is 0 Å². The van der Waals surface area contributed by atoms with E-state index in [1.54, 1.807) is 0 Å². The van der Waals surface area contributed by atoms with E-state index in [1.165, 1.54) is 30.4 Å². The van der Waals surface area contributed by atoms with E-state index in [-0.39, 0.29) is 0 Å². The van der Waals surface area contributed by atoms with Gasteiger partial charge in [-0.05, 0) is 35.8 Å². The Labute approximate surface area is 112 Å². The molecule has 2 rings (SSSR count). The lowest BCUT2D eigenvalue weighted by Crippen LogP contribution is -2.40. The Kier molecular flexibility index (Phi) is 4.82. The highest BCUT2D eigenvalue weighted by atomic mass is 14.9. The Balaban J connectivity index is 1.86. The second kappa shape index (κ2) is 6.38. The van der Waals surface area contributed by atoms with Gasteiger partial charge >= 0.3 is 0 Å². The third kappa shape index (κ3) is 3.35. The molecule has 1 aliphatic rings. The first-order valence-corrected chi connectivity index (χ1v) is 7.52. The molecule has 1 aromatic rings. The van der Waals surface area contributed by atoms with Crippen molar-refractivity contribution in [1.29, 1.82) is 0 Å². The molecule has 1 heteroatoms. The first kappa shape index (κ1) is 13.6. The van der Waals surface area contributed by atoms with Crippen LogP contribution >= 0.6 is 0 Å². The monoisotopic (exact) mass is 245 g/mol. The van der Waals surface area contributed by atoms with Crippen molar-refractivity contribution in [2.24, 2.45) is 11.8 Å². The quantitative estimate of drug-likeness (QED) is 0.839. The summed E-state index contributed by atoms with van der Waals surface area (Å²) in [6.45, 7) is 8.03. The van der Waals surface area contributed by atoms with Gasteiger partial charge in [0.05, 0.1) is 0 Å². The van der Waals surface area contributed by atoms with Gasteiger partial charge in [0.2, 0.25) is 0 Å². The highest BCUT2D eigenvalue weighted by molar-refractivity contribution is 5.22. The van der Waals surface area contributed by atoms with Crippen molar-refractivity contribution in [3.8, 4) is 0 Å². The first-order valence-electron chi connectivity index (χ1n) is 7.52. The molecule has 1 fully saturated rings. The van der Waals surface area contributed by atoms with Crippen molar-refractivity contribution >= 4 is 0 Å². The molecule has 0 spiro atoms. The van der Waals surface area contributed by atoms with Crippen molar-refractivity contribution < 1.29 is 0 Å². The molecule has 1 aromatic carbocycles.